The first-order valence-electron chi connectivity index (χ1n) is 8.17. The second kappa shape index (κ2) is 6.78. The van der Waals surface area contributed by atoms with Gasteiger partial charge in [-0.05, 0) is 42.4 Å². The summed E-state index contributed by atoms with van der Waals surface area (Å²) < 4.78 is 0. The van der Waals surface area contributed by atoms with Crippen LogP contribution >= 0.6 is 0 Å². The third-order valence-corrected chi connectivity index (χ3v) is 4.47. The smallest absolute Gasteiger partial charge is 0.243 e. The number of amides is 1. The van der Waals surface area contributed by atoms with Crippen molar-refractivity contribution in [2.75, 3.05) is 0 Å². The third-order valence-electron chi connectivity index (χ3n) is 4.47. The van der Waals surface area contributed by atoms with Crippen LogP contribution in [0, 0.1) is 5.92 Å². The summed E-state index contributed by atoms with van der Waals surface area (Å²) in [5, 5.41) is 4.26. The molecule has 0 aliphatic heterocycles. The number of hydrazone groups is 1. The molecule has 118 valence electrons. The standard InChI is InChI=1S/C20H22N2O/c1-3-15-9-11-16(12-10-15)14(2)21-22-20(23)19-13-18(19)17-7-5-4-6-8-17/h4-12,18-19H,3,13H2,1-2H3,(H,22,23)/b21-14-/t18-,19+/m1/s1. The quantitative estimate of drug-likeness (QED) is 0.661. The molecule has 2 aromatic carbocycles. The van der Waals surface area contributed by atoms with E-state index in [1.807, 2.05) is 37.3 Å². The van der Waals surface area contributed by atoms with E-state index >= 15 is 0 Å². The first kappa shape index (κ1) is 15.5. The van der Waals surface area contributed by atoms with Crippen LogP contribution in [0.3, 0.4) is 0 Å². The van der Waals surface area contributed by atoms with Gasteiger partial charge < -0.3 is 0 Å². The molecule has 3 heteroatoms. The zero-order valence-corrected chi connectivity index (χ0v) is 13.6. The van der Waals surface area contributed by atoms with Crippen LogP contribution in [0.4, 0.5) is 0 Å². The van der Waals surface area contributed by atoms with Gasteiger partial charge in [-0.1, -0.05) is 61.5 Å². The van der Waals surface area contributed by atoms with Gasteiger partial charge in [0.15, 0.2) is 0 Å². The van der Waals surface area contributed by atoms with Crippen molar-refractivity contribution < 1.29 is 4.79 Å². The number of hydrogen-bond acceptors (Lipinski definition) is 2. The molecule has 0 bridgehead atoms. The number of benzene rings is 2. The van der Waals surface area contributed by atoms with Gasteiger partial charge in [0.25, 0.3) is 0 Å². The molecular weight excluding hydrogens is 284 g/mol. The van der Waals surface area contributed by atoms with Gasteiger partial charge in [-0.25, -0.2) is 5.43 Å². The fourth-order valence-electron chi connectivity index (χ4n) is 2.82. The molecule has 0 aromatic heterocycles. The molecule has 2 aromatic rings. The molecule has 2 atom stereocenters. The van der Waals surface area contributed by atoms with E-state index < -0.39 is 0 Å². The Labute approximate surface area is 137 Å². The number of carbonyl (C=O) groups is 1. The maximum atomic E-state index is 12.2. The Morgan fingerprint density at radius 2 is 1.83 bits per heavy atom. The summed E-state index contributed by atoms with van der Waals surface area (Å²) in [5.41, 5.74) is 7.13. The second-order valence-electron chi connectivity index (χ2n) is 6.08. The average Bonchev–Trinajstić information content (AvgIpc) is 3.41. The summed E-state index contributed by atoms with van der Waals surface area (Å²) in [7, 11) is 0. The third kappa shape index (κ3) is 3.67. The van der Waals surface area contributed by atoms with Crippen molar-refractivity contribution in [1.29, 1.82) is 0 Å². The number of carbonyl (C=O) groups excluding carboxylic acids is 1. The summed E-state index contributed by atoms with van der Waals surface area (Å²) in [6.07, 6.45) is 1.94. The second-order valence-corrected chi connectivity index (χ2v) is 6.08. The highest BCUT2D eigenvalue weighted by atomic mass is 16.2. The predicted octanol–water partition coefficient (Wildman–Crippen LogP) is 3.89. The minimum atomic E-state index is 0.0170. The van der Waals surface area contributed by atoms with Crippen molar-refractivity contribution in [3.05, 3.63) is 71.3 Å². The average molecular weight is 306 g/mol. The van der Waals surface area contributed by atoms with Crippen molar-refractivity contribution in [2.24, 2.45) is 11.0 Å². The molecule has 1 aliphatic rings. The Kier molecular flexibility index (Phi) is 4.56. The van der Waals surface area contributed by atoms with Gasteiger partial charge in [-0.3, -0.25) is 4.79 Å². The van der Waals surface area contributed by atoms with Crippen LogP contribution < -0.4 is 5.43 Å². The zero-order chi connectivity index (χ0) is 16.2. The van der Waals surface area contributed by atoms with Gasteiger partial charge >= 0.3 is 0 Å². The Balaban J connectivity index is 1.58. The van der Waals surface area contributed by atoms with Crippen LogP contribution in [0.1, 0.15) is 42.9 Å². The van der Waals surface area contributed by atoms with Gasteiger partial charge in [0.05, 0.1) is 5.71 Å². The van der Waals surface area contributed by atoms with Crippen LogP contribution in [0.15, 0.2) is 59.7 Å². The van der Waals surface area contributed by atoms with Crippen LogP contribution in [-0.2, 0) is 11.2 Å². The van der Waals surface area contributed by atoms with E-state index in [1.165, 1.54) is 11.1 Å². The minimum Gasteiger partial charge on any atom is -0.273 e. The Morgan fingerprint density at radius 3 is 2.48 bits per heavy atom. The number of rotatable bonds is 5. The maximum absolute atomic E-state index is 12.2. The van der Waals surface area contributed by atoms with Gasteiger partial charge in [0.1, 0.15) is 0 Å². The lowest BCUT2D eigenvalue weighted by molar-refractivity contribution is -0.122. The molecule has 23 heavy (non-hydrogen) atoms. The molecule has 0 unspecified atom stereocenters. The number of hydrogen-bond donors (Lipinski definition) is 1. The highest BCUT2D eigenvalue weighted by Crippen LogP contribution is 2.47. The molecule has 0 radical (unpaired) electrons. The van der Waals surface area contributed by atoms with E-state index in [0.717, 1.165) is 24.1 Å². The SMILES string of the molecule is CCc1ccc(/C(C)=N\NC(=O)[C@H]2C[C@@H]2c2ccccc2)cc1. The predicted molar refractivity (Wildman–Crippen MR) is 93.5 cm³/mol. The number of nitrogens with zero attached hydrogens (tertiary/aromatic N) is 1. The van der Waals surface area contributed by atoms with E-state index in [-0.39, 0.29) is 11.8 Å². The topological polar surface area (TPSA) is 41.5 Å². The van der Waals surface area contributed by atoms with E-state index in [9.17, 15) is 4.79 Å². The van der Waals surface area contributed by atoms with E-state index in [2.05, 4.69) is 41.7 Å². The molecule has 3 nitrogen and oxygen atoms in total. The highest BCUT2D eigenvalue weighted by molar-refractivity contribution is 5.99. The minimum absolute atomic E-state index is 0.0170. The molecule has 1 amide bonds. The summed E-state index contributed by atoms with van der Waals surface area (Å²) in [6, 6.07) is 18.5. The molecule has 0 spiro atoms. The summed E-state index contributed by atoms with van der Waals surface area (Å²) in [5.74, 6) is 0.412. The van der Waals surface area contributed by atoms with E-state index in [0.29, 0.717) is 5.92 Å². The van der Waals surface area contributed by atoms with Gasteiger partial charge in [-0.2, -0.15) is 5.10 Å². The molecule has 0 heterocycles. The molecule has 1 aliphatic carbocycles. The first-order valence-corrected chi connectivity index (χ1v) is 8.17. The summed E-state index contributed by atoms with van der Waals surface area (Å²) >= 11 is 0. The van der Waals surface area contributed by atoms with Crippen LogP contribution in [-0.4, -0.2) is 11.6 Å². The zero-order valence-electron chi connectivity index (χ0n) is 13.6. The fourth-order valence-corrected chi connectivity index (χ4v) is 2.82. The van der Waals surface area contributed by atoms with Crippen molar-refractivity contribution in [3.63, 3.8) is 0 Å². The maximum Gasteiger partial charge on any atom is 0.243 e. The van der Waals surface area contributed by atoms with E-state index in [1.54, 1.807) is 0 Å². The van der Waals surface area contributed by atoms with Gasteiger partial charge in [0, 0.05) is 5.92 Å². The van der Waals surface area contributed by atoms with Crippen LogP contribution in [0.2, 0.25) is 0 Å². The number of nitrogens with one attached hydrogen (secondary N) is 1. The monoisotopic (exact) mass is 306 g/mol. The van der Waals surface area contributed by atoms with Gasteiger partial charge in [-0.15, -0.1) is 0 Å². The number of aryl methyl sites for hydroxylation is 1. The lowest BCUT2D eigenvalue weighted by Gasteiger charge is -2.04. The fraction of sp³-hybridized carbons (Fsp3) is 0.300. The molecule has 1 saturated carbocycles. The molecule has 0 saturated heterocycles. The molecular formula is C20H22N2O. The Bertz CT molecular complexity index is 704. The van der Waals surface area contributed by atoms with Crippen molar-refractivity contribution in [1.82, 2.24) is 5.43 Å². The summed E-state index contributed by atoms with van der Waals surface area (Å²) in [6.45, 7) is 4.05. The molecule has 3 rings (SSSR count). The largest absolute Gasteiger partial charge is 0.273 e. The van der Waals surface area contributed by atoms with Crippen molar-refractivity contribution in [3.8, 4) is 0 Å². The summed E-state index contributed by atoms with van der Waals surface area (Å²) in [4.78, 5) is 12.2. The Hall–Kier alpha value is -2.42. The van der Waals surface area contributed by atoms with Crippen molar-refractivity contribution in [2.45, 2.75) is 32.6 Å². The highest BCUT2D eigenvalue weighted by Gasteiger charge is 2.43. The molecule has 1 fully saturated rings. The van der Waals surface area contributed by atoms with Crippen LogP contribution in [0.25, 0.3) is 0 Å². The Morgan fingerprint density at radius 1 is 1.13 bits per heavy atom. The first-order chi connectivity index (χ1) is 11.2. The lowest BCUT2D eigenvalue weighted by atomic mass is 10.1. The normalized spacial score (nSPS) is 20.2. The lowest BCUT2D eigenvalue weighted by Crippen LogP contribution is -2.21. The van der Waals surface area contributed by atoms with E-state index in [4.69, 9.17) is 0 Å². The van der Waals surface area contributed by atoms with Gasteiger partial charge in [0.2, 0.25) is 5.91 Å². The van der Waals surface area contributed by atoms with Crippen LogP contribution in [0.5, 0.6) is 0 Å². The molecule has 1 N–H and O–H groups in total. The van der Waals surface area contributed by atoms with Crippen molar-refractivity contribution >= 4 is 11.6 Å².